The maximum absolute atomic E-state index is 9.25. The molecule has 1 aromatic heterocycles. The third kappa shape index (κ3) is 4.38. The van der Waals surface area contributed by atoms with Crippen molar-refractivity contribution in [2.24, 2.45) is 0 Å². The first-order chi connectivity index (χ1) is 10.9. The summed E-state index contributed by atoms with van der Waals surface area (Å²) in [6.45, 7) is 3.02. The number of ether oxygens (including phenoxy) is 1. The largest absolute Gasteiger partial charge is 0.484 e. The highest BCUT2D eigenvalue weighted by atomic mass is 79.9. The van der Waals surface area contributed by atoms with Crippen LogP contribution >= 0.6 is 28.1 Å². The van der Waals surface area contributed by atoms with Gasteiger partial charge in [0.15, 0.2) is 0 Å². The lowest BCUT2D eigenvalue weighted by Crippen LogP contribution is -2.51. The highest BCUT2D eigenvalue weighted by Gasteiger charge is 2.25. The quantitative estimate of drug-likeness (QED) is 0.760. The smallest absolute Gasteiger partial charge is 0.146 e. The zero-order valence-corrected chi connectivity index (χ0v) is 15.1. The molecule has 0 saturated heterocycles. The molecule has 2 rings (SSSR count). The molecule has 0 bridgehead atoms. The van der Waals surface area contributed by atoms with Crippen LogP contribution in [0.3, 0.4) is 0 Å². The summed E-state index contributed by atoms with van der Waals surface area (Å²) >= 11 is 8.65. The van der Waals surface area contributed by atoms with Gasteiger partial charge in [0.2, 0.25) is 0 Å². The number of fused-ring (bicyclic) bond motifs is 1. The highest BCUT2D eigenvalue weighted by molar-refractivity contribution is 9.10. The highest BCUT2D eigenvalue weighted by Crippen LogP contribution is 2.23. The normalized spacial score (nSPS) is 14.6. The van der Waals surface area contributed by atoms with Gasteiger partial charge in [-0.15, -0.1) is 0 Å². The molecule has 2 unspecified atom stereocenters. The summed E-state index contributed by atoms with van der Waals surface area (Å²) in [5.74, 6) is 0.650. The number of benzene rings is 1. The Kier molecular flexibility index (Phi) is 5.52. The van der Waals surface area contributed by atoms with Crippen LogP contribution in [0.2, 0.25) is 0 Å². The number of aliphatic hydroxyl groups is 1. The van der Waals surface area contributed by atoms with E-state index < -0.39 is 11.6 Å². The number of aromatic nitrogens is 1. The van der Waals surface area contributed by atoms with Crippen molar-refractivity contribution in [1.29, 1.82) is 5.26 Å². The van der Waals surface area contributed by atoms with Crippen molar-refractivity contribution in [1.82, 2.24) is 10.3 Å². The summed E-state index contributed by atoms with van der Waals surface area (Å²) in [6.07, 6.45) is 1.30. The minimum absolute atomic E-state index is 0.341. The second-order valence-corrected chi connectivity index (χ2v) is 6.71. The van der Waals surface area contributed by atoms with Gasteiger partial charge in [-0.3, -0.25) is 4.98 Å². The van der Waals surface area contributed by atoms with Gasteiger partial charge >= 0.3 is 0 Å². The van der Waals surface area contributed by atoms with Crippen molar-refractivity contribution in [2.45, 2.75) is 25.5 Å². The molecule has 7 heteroatoms. The third-order valence-electron chi connectivity index (χ3n) is 3.26. The van der Waals surface area contributed by atoms with Crippen molar-refractivity contribution < 1.29 is 9.84 Å². The van der Waals surface area contributed by atoms with E-state index in [1.165, 1.54) is 0 Å². The molecule has 1 aromatic carbocycles. The molecular formula is C16H16BrN3O2S. The summed E-state index contributed by atoms with van der Waals surface area (Å²) in [5.41, 5.74) is -0.251. The van der Waals surface area contributed by atoms with Crippen LogP contribution in [0.15, 0.2) is 34.9 Å². The summed E-state index contributed by atoms with van der Waals surface area (Å²) in [5, 5.41) is 22.1. The minimum atomic E-state index is -1.12. The first-order valence-electron chi connectivity index (χ1n) is 6.93. The molecule has 0 spiro atoms. The first-order valence-corrected chi connectivity index (χ1v) is 8.13. The zero-order valence-electron chi connectivity index (χ0n) is 12.7. The standard InChI is InChI=1S/C16H16BrN3O2S/c1-10(15(23)20-16(2,8-18)9-21)22-13-3-4-14-11(6-13)5-12(17)7-19-14/h3-7,10,21H,9H2,1-2H3,(H,20,23). The molecule has 5 nitrogen and oxygen atoms in total. The van der Waals surface area contributed by atoms with E-state index >= 15 is 0 Å². The third-order valence-corrected chi connectivity index (χ3v) is 4.13. The maximum Gasteiger partial charge on any atom is 0.146 e. The number of aliphatic hydroxyl groups excluding tert-OH is 1. The monoisotopic (exact) mass is 393 g/mol. The van der Waals surface area contributed by atoms with Gasteiger partial charge in [-0.1, -0.05) is 12.2 Å². The number of halogens is 1. The minimum Gasteiger partial charge on any atom is -0.484 e. The van der Waals surface area contributed by atoms with E-state index in [1.54, 1.807) is 20.0 Å². The molecule has 0 fully saturated rings. The number of pyridine rings is 1. The van der Waals surface area contributed by atoms with Crippen molar-refractivity contribution in [2.75, 3.05) is 6.61 Å². The molecule has 0 aliphatic heterocycles. The SMILES string of the molecule is CC(Oc1ccc2ncc(Br)cc2c1)C(=S)NC(C)(C#N)CO. The van der Waals surface area contributed by atoms with Gasteiger partial charge in [0.25, 0.3) is 0 Å². The lowest BCUT2D eigenvalue weighted by atomic mass is 10.1. The number of rotatable bonds is 5. The Morgan fingerprint density at radius 2 is 2.30 bits per heavy atom. The van der Waals surface area contributed by atoms with Crippen LogP contribution in [0.4, 0.5) is 0 Å². The van der Waals surface area contributed by atoms with Gasteiger partial charge in [0, 0.05) is 16.1 Å². The molecule has 0 amide bonds. The van der Waals surface area contributed by atoms with E-state index in [9.17, 15) is 5.11 Å². The number of hydrogen-bond acceptors (Lipinski definition) is 5. The van der Waals surface area contributed by atoms with E-state index in [0.717, 1.165) is 15.4 Å². The number of nitrogens with zero attached hydrogens (tertiary/aromatic N) is 2. The Bertz CT molecular complexity index is 777. The van der Waals surface area contributed by atoms with Gasteiger partial charge in [-0.25, -0.2) is 0 Å². The average molecular weight is 394 g/mol. The van der Waals surface area contributed by atoms with Crippen molar-refractivity contribution in [3.05, 3.63) is 34.9 Å². The number of hydrogen-bond donors (Lipinski definition) is 2. The average Bonchev–Trinajstić information content (AvgIpc) is 2.54. The molecule has 1 heterocycles. The molecule has 2 atom stereocenters. The van der Waals surface area contributed by atoms with Crippen LogP contribution < -0.4 is 10.1 Å². The van der Waals surface area contributed by atoms with Crippen molar-refractivity contribution in [3.8, 4) is 11.8 Å². The van der Waals surface area contributed by atoms with Crippen LogP contribution in [0.5, 0.6) is 5.75 Å². The van der Waals surface area contributed by atoms with Crippen LogP contribution in [-0.4, -0.2) is 33.3 Å². The second-order valence-electron chi connectivity index (χ2n) is 5.36. The fourth-order valence-corrected chi connectivity index (χ4v) is 2.51. The molecular weight excluding hydrogens is 378 g/mol. The Morgan fingerprint density at radius 1 is 1.57 bits per heavy atom. The molecule has 0 radical (unpaired) electrons. The Labute approximate surface area is 148 Å². The first kappa shape index (κ1) is 17.6. The predicted molar refractivity (Wildman–Crippen MR) is 96.4 cm³/mol. The van der Waals surface area contributed by atoms with Gasteiger partial charge in [0.1, 0.15) is 22.4 Å². The fourth-order valence-electron chi connectivity index (χ4n) is 1.89. The van der Waals surface area contributed by atoms with Crippen LogP contribution in [-0.2, 0) is 0 Å². The lowest BCUT2D eigenvalue weighted by Gasteiger charge is -2.25. The number of thiocarbonyl (C=S) groups is 1. The van der Waals surface area contributed by atoms with E-state index in [-0.39, 0.29) is 6.61 Å². The van der Waals surface area contributed by atoms with E-state index in [0.29, 0.717) is 10.7 Å². The van der Waals surface area contributed by atoms with Gasteiger partial charge < -0.3 is 15.2 Å². The summed E-state index contributed by atoms with van der Waals surface area (Å²) < 4.78 is 6.71. The molecule has 0 aliphatic rings. The molecule has 2 N–H and O–H groups in total. The van der Waals surface area contributed by atoms with Crippen molar-refractivity contribution in [3.63, 3.8) is 0 Å². The molecule has 120 valence electrons. The van der Waals surface area contributed by atoms with Crippen LogP contribution in [0.1, 0.15) is 13.8 Å². The van der Waals surface area contributed by atoms with Gasteiger partial charge in [-0.2, -0.15) is 5.26 Å². The molecule has 0 saturated carbocycles. The Morgan fingerprint density at radius 3 is 2.96 bits per heavy atom. The molecule has 23 heavy (non-hydrogen) atoms. The van der Waals surface area contributed by atoms with Gasteiger partial charge in [-0.05, 0) is 54.0 Å². The predicted octanol–water partition coefficient (Wildman–Crippen LogP) is 2.96. The molecule has 2 aromatic rings. The topological polar surface area (TPSA) is 78.2 Å². The van der Waals surface area contributed by atoms with Crippen molar-refractivity contribution >= 4 is 44.0 Å². The Hall–Kier alpha value is -1.75. The summed E-state index contributed by atoms with van der Waals surface area (Å²) in [4.78, 5) is 4.66. The molecule has 0 aliphatic carbocycles. The van der Waals surface area contributed by atoms with E-state index in [1.807, 2.05) is 30.3 Å². The number of nitriles is 1. The Balaban J connectivity index is 2.12. The second kappa shape index (κ2) is 7.21. The number of nitrogens with one attached hydrogen (secondary N) is 1. The lowest BCUT2D eigenvalue weighted by molar-refractivity contribution is 0.223. The van der Waals surface area contributed by atoms with Gasteiger partial charge in [0.05, 0.1) is 18.2 Å². The van der Waals surface area contributed by atoms with Crippen LogP contribution in [0, 0.1) is 11.3 Å². The van der Waals surface area contributed by atoms with Crippen LogP contribution in [0.25, 0.3) is 10.9 Å². The summed E-state index contributed by atoms with van der Waals surface area (Å²) in [6, 6.07) is 9.51. The zero-order chi connectivity index (χ0) is 17.0. The fraction of sp³-hybridized carbons (Fsp3) is 0.312. The maximum atomic E-state index is 9.25. The van der Waals surface area contributed by atoms with E-state index in [2.05, 4.69) is 26.2 Å². The summed E-state index contributed by atoms with van der Waals surface area (Å²) in [7, 11) is 0. The van der Waals surface area contributed by atoms with E-state index in [4.69, 9.17) is 22.2 Å².